The minimum Gasteiger partial charge on any atom is -0.456 e. The molecule has 0 fully saturated rings. The first-order valence-corrected chi connectivity index (χ1v) is 5.43. The topological polar surface area (TPSA) is 35.5 Å². The van der Waals surface area contributed by atoms with Crippen molar-refractivity contribution in [1.29, 1.82) is 0 Å². The molecule has 19 heavy (non-hydrogen) atoms. The molecule has 0 aliphatic carbocycles. The van der Waals surface area contributed by atoms with Gasteiger partial charge in [-0.1, -0.05) is 17.5 Å². The van der Waals surface area contributed by atoms with Crippen LogP contribution in [0.3, 0.4) is 0 Å². The van der Waals surface area contributed by atoms with Gasteiger partial charge in [-0.3, -0.25) is 0 Å². The van der Waals surface area contributed by atoms with Crippen LogP contribution >= 0.6 is 11.6 Å². The van der Waals surface area contributed by atoms with Gasteiger partial charge in [-0.25, -0.2) is 4.79 Å². The van der Waals surface area contributed by atoms with Gasteiger partial charge in [-0.15, -0.1) is 13.2 Å². The van der Waals surface area contributed by atoms with E-state index in [-0.39, 0.29) is 17.2 Å². The zero-order valence-corrected chi connectivity index (χ0v) is 10.4. The smallest absolute Gasteiger partial charge is 0.456 e. The third-order valence-electron chi connectivity index (χ3n) is 1.75. The van der Waals surface area contributed by atoms with Crippen molar-refractivity contribution in [1.82, 2.24) is 0 Å². The van der Waals surface area contributed by atoms with Crippen LogP contribution in [0.5, 0.6) is 5.75 Å². The van der Waals surface area contributed by atoms with Gasteiger partial charge in [0.05, 0.1) is 11.6 Å². The summed E-state index contributed by atoms with van der Waals surface area (Å²) in [7, 11) is 0. The average molecular weight is 293 g/mol. The van der Waals surface area contributed by atoms with Crippen molar-refractivity contribution in [2.24, 2.45) is 0 Å². The van der Waals surface area contributed by atoms with Crippen LogP contribution in [0.1, 0.15) is 12.5 Å². The predicted molar refractivity (Wildman–Crippen MR) is 61.6 cm³/mol. The van der Waals surface area contributed by atoms with Crippen molar-refractivity contribution >= 4 is 17.6 Å². The average Bonchev–Trinajstić information content (AvgIpc) is 2.26. The highest BCUT2D eigenvalue weighted by atomic mass is 35.5. The van der Waals surface area contributed by atoms with E-state index >= 15 is 0 Å². The Kier molecular flexibility index (Phi) is 5.07. The van der Waals surface area contributed by atoms with E-state index in [0.717, 1.165) is 12.1 Å². The Labute approximate surface area is 112 Å². The highest BCUT2D eigenvalue weighted by molar-refractivity contribution is 6.31. The van der Waals surface area contributed by atoms with E-state index in [2.05, 4.69) is 21.3 Å². The van der Waals surface area contributed by atoms with Gasteiger partial charge >= 0.3 is 12.3 Å². The van der Waals surface area contributed by atoms with Gasteiger partial charge in [0.25, 0.3) is 0 Å². The zero-order chi connectivity index (χ0) is 14.5. The van der Waals surface area contributed by atoms with Crippen molar-refractivity contribution in [3.05, 3.63) is 28.8 Å². The molecular weight excluding hydrogens is 285 g/mol. The fourth-order valence-corrected chi connectivity index (χ4v) is 1.30. The number of esters is 1. The number of rotatable bonds is 2. The van der Waals surface area contributed by atoms with Gasteiger partial charge in [0.1, 0.15) is 5.75 Å². The molecule has 3 nitrogen and oxygen atoms in total. The number of halogens is 4. The fourth-order valence-electron chi connectivity index (χ4n) is 1.08. The van der Waals surface area contributed by atoms with Gasteiger partial charge in [0.15, 0.2) is 0 Å². The quantitative estimate of drug-likeness (QED) is 0.620. The molecule has 0 amide bonds. The van der Waals surface area contributed by atoms with E-state index in [1.165, 1.54) is 6.07 Å². The summed E-state index contributed by atoms with van der Waals surface area (Å²) in [5.41, 5.74) is 0.198. The molecule has 0 N–H and O–H groups in total. The standard InChI is InChI=1S/C12H8ClF3O3/c1-2-18-11(17)6-4-8-3-5-9(7-10(8)13)19-12(14,15)16/h3,5,7H,2H2,1H3. The number of carbonyl (C=O) groups excluding carboxylic acids is 1. The number of alkyl halides is 3. The second-order valence-electron chi connectivity index (χ2n) is 3.16. The van der Waals surface area contributed by atoms with Crippen molar-refractivity contribution in [2.45, 2.75) is 13.3 Å². The Hall–Kier alpha value is -1.87. The third-order valence-corrected chi connectivity index (χ3v) is 2.06. The van der Waals surface area contributed by atoms with Crippen LogP contribution in [0, 0.1) is 11.8 Å². The molecule has 0 radical (unpaired) electrons. The van der Waals surface area contributed by atoms with Gasteiger partial charge in [-0.2, -0.15) is 0 Å². The molecule has 0 heterocycles. The molecule has 0 aliphatic rings. The molecule has 1 aromatic carbocycles. The van der Waals surface area contributed by atoms with Crippen LogP contribution < -0.4 is 4.74 Å². The molecule has 0 spiro atoms. The Morgan fingerprint density at radius 2 is 2.11 bits per heavy atom. The summed E-state index contributed by atoms with van der Waals surface area (Å²) in [6.07, 6.45) is -4.79. The van der Waals surface area contributed by atoms with Gasteiger partial charge in [0.2, 0.25) is 0 Å². The lowest BCUT2D eigenvalue weighted by Gasteiger charge is -2.09. The fraction of sp³-hybridized carbons (Fsp3) is 0.250. The summed E-state index contributed by atoms with van der Waals surface area (Å²) in [5, 5.41) is -0.0569. The maximum atomic E-state index is 12.0. The number of hydrogen-bond donors (Lipinski definition) is 0. The molecule has 1 aromatic rings. The van der Waals surface area contributed by atoms with E-state index < -0.39 is 18.1 Å². The minimum atomic E-state index is -4.79. The number of benzene rings is 1. The zero-order valence-electron chi connectivity index (χ0n) is 9.68. The minimum absolute atomic E-state index is 0.0569. The molecule has 0 bridgehead atoms. The summed E-state index contributed by atoms with van der Waals surface area (Å²) in [6.45, 7) is 1.80. The van der Waals surface area contributed by atoms with Crippen LogP contribution in [0.25, 0.3) is 0 Å². The lowest BCUT2D eigenvalue weighted by atomic mass is 10.2. The summed E-state index contributed by atoms with van der Waals surface area (Å²) in [5.74, 6) is 3.34. The Morgan fingerprint density at radius 1 is 1.42 bits per heavy atom. The second-order valence-corrected chi connectivity index (χ2v) is 3.57. The maximum absolute atomic E-state index is 12.0. The molecule has 0 aliphatic heterocycles. The van der Waals surface area contributed by atoms with Crippen LogP contribution in [0.4, 0.5) is 13.2 Å². The number of ether oxygens (including phenoxy) is 2. The van der Waals surface area contributed by atoms with Crippen LogP contribution in [0.15, 0.2) is 18.2 Å². The van der Waals surface area contributed by atoms with Crippen LogP contribution in [-0.4, -0.2) is 18.9 Å². The first-order valence-electron chi connectivity index (χ1n) is 5.06. The summed E-state index contributed by atoms with van der Waals surface area (Å²) in [6, 6.07) is 3.23. The predicted octanol–water partition coefficient (Wildman–Crippen LogP) is 3.15. The van der Waals surface area contributed by atoms with Gasteiger partial charge < -0.3 is 9.47 Å². The first-order chi connectivity index (χ1) is 8.81. The van der Waals surface area contributed by atoms with Crippen molar-refractivity contribution in [3.8, 4) is 17.6 Å². The van der Waals surface area contributed by atoms with E-state index in [1.54, 1.807) is 6.92 Å². The summed E-state index contributed by atoms with van der Waals surface area (Å²) in [4.78, 5) is 11.0. The molecule has 1 rings (SSSR count). The molecular formula is C12H8ClF3O3. The van der Waals surface area contributed by atoms with Crippen molar-refractivity contribution in [2.75, 3.05) is 6.61 Å². The van der Waals surface area contributed by atoms with Crippen LogP contribution in [-0.2, 0) is 9.53 Å². The van der Waals surface area contributed by atoms with E-state index in [1.807, 2.05) is 0 Å². The Morgan fingerprint density at radius 3 is 2.63 bits per heavy atom. The first kappa shape index (κ1) is 15.2. The number of carbonyl (C=O) groups is 1. The molecule has 0 aromatic heterocycles. The van der Waals surface area contributed by atoms with E-state index in [9.17, 15) is 18.0 Å². The largest absolute Gasteiger partial charge is 0.573 e. The molecule has 0 atom stereocenters. The third kappa shape index (κ3) is 5.53. The highest BCUT2D eigenvalue weighted by Gasteiger charge is 2.31. The monoisotopic (exact) mass is 292 g/mol. The molecule has 0 saturated carbocycles. The Bertz CT molecular complexity index is 529. The second kappa shape index (κ2) is 6.34. The molecule has 102 valence electrons. The van der Waals surface area contributed by atoms with Gasteiger partial charge in [-0.05, 0) is 19.1 Å². The maximum Gasteiger partial charge on any atom is 0.573 e. The normalized spacial score (nSPS) is 10.4. The van der Waals surface area contributed by atoms with Crippen molar-refractivity contribution in [3.63, 3.8) is 0 Å². The SMILES string of the molecule is CCOC(=O)C#Cc1ccc(OC(F)(F)F)cc1Cl. The number of hydrogen-bond acceptors (Lipinski definition) is 3. The Balaban J connectivity index is 2.86. The highest BCUT2D eigenvalue weighted by Crippen LogP contribution is 2.27. The molecule has 0 saturated heterocycles. The van der Waals surface area contributed by atoms with Crippen molar-refractivity contribution < 1.29 is 27.4 Å². The lowest BCUT2D eigenvalue weighted by Crippen LogP contribution is -2.17. The molecule has 0 unspecified atom stereocenters. The van der Waals surface area contributed by atoms with E-state index in [0.29, 0.717) is 0 Å². The van der Waals surface area contributed by atoms with Gasteiger partial charge in [0, 0.05) is 17.6 Å². The van der Waals surface area contributed by atoms with Crippen LogP contribution in [0.2, 0.25) is 5.02 Å². The van der Waals surface area contributed by atoms with E-state index in [4.69, 9.17) is 11.6 Å². The summed E-state index contributed by atoms with van der Waals surface area (Å²) >= 11 is 5.72. The summed E-state index contributed by atoms with van der Waals surface area (Å²) < 4.78 is 44.1. The lowest BCUT2D eigenvalue weighted by molar-refractivity contribution is -0.274. The molecule has 7 heteroatoms.